The predicted molar refractivity (Wildman–Crippen MR) is 99.0 cm³/mol. The number of halogens is 1. The minimum atomic E-state index is -0.129. The number of azo groups is 1. The molecule has 0 saturated heterocycles. The first kappa shape index (κ1) is 16.7. The lowest BCUT2D eigenvalue weighted by Crippen LogP contribution is -2.11. The van der Waals surface area contributed by atoms with Crippen molar-refractivity contribution in [3.8, 4) is 0 Å². The zero-order chi connectivity index (χ0) is 17.5. The maximum atomic E-state index is 6.17. The van der Waals surface area contributed by atoms with Crippen LogP contribution in [0.4, 0.5) is 11.5 Å². The maximum absolute atomic E-state index is 6.17. The van der Waals surface area contributed by atoms with Gasteiger partial charge in [-0.3, -0.25) is 4.40 Å². The molecule has 0 unspecified atom stereocenters. The zero-order valence-corrected chi connectivity index (χ0v) is 15.4. The fourth-order valence-electron chi connectivity index (χ4n) is 2.60. The number of aryl methyl sites for hydroxylation is 1. The second-order valence-corrected chi connectivity index (χ2v) is 7.41. The van der Waals surface area contributed by atoms with Crippen LogP contribution in [0.2, 0.25) is 5.02 Å². The van der Waals surface area contributed by atoms with E-state index < -0.39 is 0 Å². The molecule has 0 spiro atoms. The summed E-state index contributed by atoms with van der Waals surface area (Å²) in [6, 6.07) is 9.70. The van der Waals surface area contributed by atoms with Gasteiger partial charge in [-0.05, 0) is 43.2 Å². The topological polar surface area (TPSA) is 42.0 Å². The number of rotatable bonds is 2. The van der Waals surface area contributed by atoms with Crippen LogP contribution in [0.1, 0.15) is 37.6 Å². The molecule has 0 aliphatic heterocycles. The van der Waals surface area contributed by atoms with Crippen molar-refractivity contribution in [3.63, 3.8) is 0 Å². The highest BCUT2D eigenvalue weighted by Crippen LogP contribution is 2.34. The van der Waals surface area contributed by atoms with Crippen LogP contribution in [0, 0.1) is 13.8 Å². The van der Waals surface area contributed by atoms with Gasteiger partial charge in [0.2, 0.25) is 0 Å². The van der Waals surface area contributed by atoms with Crippen LogP contribution < -0.4 is 0 Å². The fraction of sp³-hybridized carbons (Fsp3) is 0.316. The van der Waals surface area contributed by atoms with Crippen LogP contribution in [-0.4, -0.2) is 9.38 Å². The molecule has 0 atom stereocenters. The minimum Gasteiger partial charge on any atom is -0.283 e. The van der Waals surface area contributed by atoms with Gasteiger partial charge in [0.05, 0.1) is 11.4 Å². The Morgan fingerprint density at radius 2 is 1.79 bits per heavy atom. The molecule has 3 aromatic rings. The van der Waals surface area contributed by atoms with E-state index in [4.69, 9.17) is 16.6 Å². The standard InChI is InChI=1S/C19H21ClN4/c1-12-8-7-11-24-17(12)21-16(19(3,4)5)18(24)23-22-15-10-6-9-14(20)13(15)2/h6-11H,1-5H3. The number of hydrogen-bond acceptors (Lipinski definition) is 3. The second-order valence-electron chi connectivity index (χ2n) is 7.00. The highest BCUT2D eigenvalue weighted by Gasteiger charge is 2.24. The van der Waals surface area contributed by atoms with Crippen LogP contribution in [-0.2, 0) is 5.41 Å². The normalized spacial score (nSPS) is 12.4. The van der Waals surface area contributed by atoms with Gasteiger partial charge in [0.15, 0.2) is 5.82 Å². The molecule has 0 N–H and O–H groups in total. The third kappa shape index (κ3) is 2.94. The van der Waals surface area contributed by atoms with E-state index in [0.717, 1.165) is 34.0 Å². The Morgan fingerprint density at radius 1 is 1.04 bits per heavy atom. The van der Waals surface area contributed by atoms with Crippen molar-refractivity contribution in [2.24, 2.45) is 10.2 Å². The van der Waals surface area contributed by atoms with Gasteiger partial charge >= 0.3 is 0 Å². The summed E-state index contributed by atoms with van der Waals surface area (Å²) in [6.45, 7) is 10.4. The van der Waals surface area contributed by atoms with Crippen molar-refractivity contribution < 1.29 is 0 Å². The molecule has 24 heavy (non-hydrogen) atoms. The van der Waals surface area contributed by atoms with Crippen LogP contribution in [0.5, 0.6) is 0 Å². The van der Waals surface area contributed by atoms with E-state index in [1.165, 1.54) is 0 Å². The SMILES string of the molecule is Cc1c(Cl)cccc1N=Nc1c(C(C)(C)C)nc2c(C)cccn12. The van der Waals surface area contributed by atoms with Crippen LogP contribution in [0.3, 0.4) is 0 Å². The lowest BCUT2D eigenvalue weighted by Gasteiger charge is -2.15. The Hall–Kier alpha value is -2.20. The first-order chi connectivity index (χ1) is 11.3. The highest BCUT2D eigenvalue weighted by atomic mass is 35.5. The van der Waals surface area contributed by atoms with Gasteiger partial charge in [-0.2, -0.15) is 0 Å². The van der Waals surface area contributed by atoms with Crippen LogP contribution in [0.25, 0.3) is 5.65 Å². The third-order valence-corrected chi connectivity index (χ3v) is 4.43. The quantitative estimate of drug-likeness (QED) is 0.503. The number of aromatic nitrogens is 2. The summed E-state index contributed by atoms with van der Waals surface area (Å²) in [7, 11) is 0. The molecule has 4 nitrogen and oxygen atoms in total. The molecule has 0 aliphatic rings. The van der Waals surface area contributed by atoms with Gasteiger partial charge in [-0.1, -0.05) is 44.5 Å². The van der Waals surface area contributed by atoms with E-state index in [1.807, 2.05) is 41.8 Å². The van der Waals surface area contributed by atoms with Gasteiger partial charge < -0.3 is 0 Å². The van der Waals surface area contributed by atoms with Crippen molar-refractivity contribution in [1.82, 2.24) is 9.38 Å². The van der Waals surface area contributed by atoms with Gasteiger partial charge in [0.1, 0.15) is 5.65 Å². The summed E-state index contributed by atoms with van der Waals surface area (Å²) < 4.78 is 2.00. The summed E-state index contributed by atoms with van der Waals surface area (Å²) in [6.07, 6.45) is 1.98. The molecule has 5 heteroatoms. The molecule has 0 aliphatic carbocycles. The largest absolute Gasteiger partial charge is 0.283 e. The molecule has 0 fully saturated rings. The Labute approximate surface area is 147 Å². The number of imidazole rings is 1. The molecular formula is C19H21ClN4. The van der Waals surface area contributed by atoms with Crippen molar-refractivity contribution in [2.75, 3.05) is 0 Å². The first-order valence-electron chi connectivity index (χ1n) is 7.94. The number of fused-ring (bicyclic) bond motifs is 1. The molecule has 124 valence electrons. The Kier molecular flexibility index (Phi) is 4.18. The smallest absolute Gasteiger partial charge is 0.183 e. The monoisotopic (exact) mass is 340 g/mol. The predicted octanol–water partition coefficient (Wildman–Crippen LogP) is 6.32. The van der Waals surface area contributed by atoms with E-state index in [1.54, 1.807) is 0 Å². The molecule has 1 aromatic carbocycles. The van der Waals surface area contributed by atoms with E-state index >= 15 is 0 Å². The molecule has 3 rings (SSSR count). The molecule has 0 bridgehead atoms. The second kappa shape index (κ2) is 6.02. The number of benzene rings is 1. The number of pyridine rings is 1. The van der Waals surface area contributed by atoms with Gasteiger partial charge in [-0.15, -0.1) is 10.2 Å². The van der Waals surface area contributed by atoms with E-state index in [2.05, 4.69) is 44.0 Å². The van der Waals surface area contributed by atoms with Crippen molar-refractivity contribution >= 4 is 28.8 Å². The van der Waals surface area contributed by atoms with E-state index in [0.29, 0.717) is 5.02 Å². The van der Waals surface area contributed by atoms with Crippen molar-refractivity contribution in [3.05, 3.63) is 58.4 Å². The molecule has 2 heterocycles. The first-order valence-corrected chi connectivity index (χ1v) is 8.32. The van der Waals surface area contributed by atoms with Gasteiger partial charge in [0.25, 0.3) is 0 Å². The average molecular weight is 341 g/mol. The number of hydrogen-bond donors (Lipinski definition) is 0. The lowest BCUT2D eigenvalue weighted by atomic mass is 9.92. The van der Waals surface area contributed by atoms with E-state index in [-0.39, 0.29) is 5.41 Å². The summed E-state index contributed by atoms with van der Waals surface area (Å²) in [5.41, 5.74) is 4.52. The van der Waals surface area contributed by atoms with E-state index in [9.17, 15) is 0 Å². The summed E-state index contributed by atoms with van der Waals surface area (Å²) in [4.78, 5) is 4.82. The molecular weight excluding hydrogens is 320 g/mol. The summed E-state index contributed by atoms with van der Waals surface area (Å²) >= 11 is 6.17. The summed E-state index contributed by atoms with van der Waals surface area (Å²) in [5, 5.41) is 9.67. The third-order valence-electron chi connectivity index (χ3n) is 4.02. The number of nitrogens with zero attached hydrogens (tertiary/aromatic N) is 4. The highest BCUT2D eigenvalue weighted by molar-refractivity contribution is 6.31. The average Bonchev–Trinajstić information content (AvgIpc) is 2.89. The molecule has 0 radical (unpaired) electrons. The fourth-order valence-corrected chi connectivity index (χ4v) is 2.77. The molecule has 2 aromatic heterocycles. The van der Waals surface area contributed by atoms with Crippen LogP contribution in [0.15, 0.2) is 46.8 Å². The minimum absolute atomic E-state index is 0.129. The summed E-state index contributed by atoms with van der Waals surface area (Å²) in [5.74, 6) is 0.764. The Balaban J connectivity index is 2.19. The molecule has 0 amide bonds. The zero-order valence-electron chi connectivity index (χ0n) is 14.6. The molecule has 0 saturated carbocycles. The maximum Gasteiger partial charge on any atom is 0.183 e. The van der Waals surface area contributed by atoms with Crippen molar-refractivity contribution in [2.45, 2.75) is 40.0 Å². The van der Waals surface area contributed by atoms with Crippen molar-refractivity contribution in [1.29, 1.82) is 0 Å². The Morgan fingerprint density at radius 3 is 2.50 bits per heavy atom. The lowest BCUT2D eigenvalue weighted by molar-refractivity contribution is 0.573. The van der Waals surface area contributed by atoms with Gasteiger partial charge in [0, 0.05) is 16.6 Å². The van der Waals surface area contributed by atoms with Crippen LogP contribution >= 0.6 is 11.6 Å². The van der Waals surface area contributed by atoms with Gasteiger partial charge in [-0.25, -0.2) is 4.98 Å². The Bertz CT molecular complexity index is 932.